The molecule has 0 bridgehead atoms. The first-order valence-corrected chi connectivity index (χ1v) is 2.82. The second-order valence-electron chi connectivity index (χ2n) is 1.84. The zero-order chi connectivity index (χ0) is 7.86. The fourth-order valence-corrected chi connectivity index (χ4v) is 0. The zero-order valence-corrected chi connectivity index (χ0v) is 6.75. The van der Waals surface area contributed by atoms with Gasteiger partial charge in [0.15, 0.2) is 0 Å². The van der Waals surface area contributed by atoms with Crippen LogP contribution < -0.4 is 17.6 Å². The van der Waals surface area contributed by atoms with Crippen molar-refractivity contribution in [3.63, 3.8) is 0 Å². The van der Waals surface area contributed by atoms with Gasteiger partial charge in [0.2, 0.25) is 0 Å². The van der Waals surface area contributed by atoms with Gasteiger partial charge in [-0.2, -0.15) is 0 Å². The molecule has 8 N–H and O–H groups in total. The molecule has 0 radical (unpaired) electrons. The van der Waals surface area contributed by atoms with Crippen LogP contribution in [0.4, 0.5) is 0 Å². The average molecular weight is 149 g/mol. The first-order chi connectivity index (χ1) is 4.06. The van der Waals surface area contributed by atoms with Gasteiger partial charge in [-0.05, 0) is 20.0 Å². The number of aliphatic hydroxyl groups excluding tert-OH is 1. The lowest BCUT2D eigenvalue weighted by Crippen LogP contribution is -2.28. The fourth-order valence-electron chi connectivity index (χ4n) is 0. The third-order valence-corrected chi connectivity index (χ3v) is 0.761. The van der Waals surface area contributed by atoms with Crippen molar-refractivity contribution in [2.24, 2.45) is 11.5 Å². The van der Waals surface area contributed by atoms with Crippen molar-refractivity contribution < 1.29 is 5.11 Å². The quantitative estimate of drug-likeness (QED) is 0.419. The summed E-state index contributed by atoms with van der Waals surface area (Å²) >= 11 is 0. The van der Waals surface area contributed by atoms with Gasteiger partial charge in [-0.1, -0.05) is 6.58 Å². The molecule has 0 aliphatic heterocycles. The Morgan fingerprint density at radius 3 is 1.60 bits per heavy atom. The Kier molecular flexibility index (Phi) is 18.2. The van der Waals surface area contributed by atoms with Crippen LogP contribution >= 0.6 is 0 Å². The van der Waals surface area contributed by atoms with E-state index >= 15 is 0 Å². The van der Waals surface area contributed by atoms with Crippen LogP contribution in [0.5, 0.6) is 0 Å². The lowest BCUT2D eigenvalue weighted by molar-refractivity contribution is 0.170. The predicted octanol–water partition coefficient (Wildman–Crippen LogP) is -0.0350. The maximum Gasteiger partial charge on any atom is 0.0660 e. The highest BCUT2D eigenvalue weighted by Gasteiger charge is 1.97. The molecule has 0 aromatic heterocycles. The molecule has 4 heteroatoms. The van der Waals surface area contributed by atoms with Crippen LogP contribution in [0.2, 0.25) is 0 Å². The molecule has 2 unspecified atom stereocenters. The molecule has 0 fully saturated rings. The maximum absolute atomic E-state index is 8.50. The summed E-state index contributed by atoms with van der Waals surface area (Å²) in [7, 11) is 0. The Hall–Kier alpha value is -0.580. The summed E-state index contributed by atoms with van der Waals surface area (Å²) in [6, 6.07) is -0.0926. The molecular weight excluding hydrogens is 130 g/mol. The van der Waals surface area contributed by atoms with Gasteiger partial charge < -0.3 is 22.7 Å². The van der Waals surface area contributed by atoms with Crippen molar-refractivity contribution in [1.29, 1.82) is 0 Å². The van der Waals surface area contributed by atoms with E-state index in [-0.39, 0.29) is 18.3 Å². The molecule has 0 aliphatic carbocycles. The van der Waals surface area contributed by atoms with Crippen LogP contribution in [0.1, 0.15) is 13.8 Å². The van der Waals surface area contributed by atoms with Gasteiger partial charge in [-0.25, -0.2) is 0 Å². The third-order valence-electron chi connectivity index (χ3n) is 0.761. The van der Waals surface area contributed by atoms with E-state index in [1.807, 2.05) is 0 Å². The second kappa shape index (κ2) is 11.2. The number of rotatable bonds is 1. The van der Waals surface area contributed by atoms with Gasteiger partial charge >= 0.3 is 0 Å². The third kappa shape index (κ3) is 26.1. The molecular formula is C6H19N3O. The predicted molar refractivity (Wildman–Crippen MR) is 44.7 cm³/mol. The molecule has 0 heterocycles. The summed E-state index contributed by atoms with van der Waals surface area (Å²) < 4.78 is 0. The van der Waals surface area contributed by atoms with Gasteiger partial charge in [0.05, 0.1) is 6.10 Å². The molecule has 0 spiro atoms. The minimum atomic E-state index is -0.370. The molecule has 0 aromatic rings. The topological polar surface area (TPSA) is 107 Å². The number of hydrogen-bond acceptors (Lipinski definition) is 4. The highest BCUT2D eigenvalue weighted by Crippen LogP contribution is 1.81. The number of hydrogen-bond donors (Lipinski definition) is 4. The molecule has 0 saturated heterocycles. The number of aliphatic hydroxyl groups is 1. The zero-order valence-electron chi connectivity index (χ0n) is 6.75. The second-order valence-corrected chi connectivity index (χ2v) is 1.84. The molecule has 10 heavy (non-hydrogen) atoms. The average Bonchev–Trinajstić information content (AvgIpc) is 1.68. The largest absolute Gasteiger partial charge is 0.405 e. The Morgan fingerprint density at radius 2 is 1.60 bits per heavy atom. The highest BCUT2D eigenvalue weighted by atomic mass is 16.3. The Balaban J connectivity index is -0.000000107. The summed E-state index contributed by atoms with van der Waals surface area (Å²) in [6.07, 6.45) is 0.880. The Labute approximate surface area is 62.5 Å². The van der Waals surface area contributed by atoms with Crippen LogP contribution in [-0.4, -0.2) is 17.3 Å². The molecule has 4 nitrogen and oxygen atoms in total. The van der Waals surface area contributed by atoms with E-state index in [4.69, 9.17) is 10.8 Å². The van der Waals surface area contributed by atoms with E-state index in [0.717, 1.165) is 0 Å². The van der Waals surface area contributed by atoms with Gasteiger partial charge in [0.25, 0.3) is 0 Å². The van der Waals surface area contributed by atoms with Crippen LogP contribution in [0.3, 0.4) is 0 Å². The van der Waals surface area contributed by atoms with Crippen LogP contribution in [0.25, 0.3) is 0 Å². The van der Waals surface area contributed by atoms with Gasteiger partial charge in [0.1, 0.15) is 0 Å². The van der Waals surface area contributed by atoms with Crippen molar-refractivity contribution in [3.05, 3.63) is 12.8 Å². The van der Waals surface area contributed by atoms with Crippen LogP contribution in [0.15, 0.2) is 12.8 Å². The van der Waals surface area contributed by atoms with E-state index in [2.05, 4.69) is 12.3 Å². The van der Waals surface area contributed by atoms with Gasteiger partial charge in [0, 0.05) is 6.04 Å². The Bertz CT molecular complexity index is 58.0. The van der Waals surface area contributed by atoms with Gasteiger partial charge in [-0.15, -0.1) is 0 Å². The molecule has 0 aliphatic rings. The molecule has 0 aromatic carbocycles. The summed E-state index contributed by atoms with van der Waals surface area (Å²) in [5, 5.41) is 8.50. The van der Waals surface area contributed by atoms with Crippen LogP contribution in [0, 0.1) is 0 Å². The lowest BCUT2D eigenvalue weighted by Gasteiger charge is -2.04. The monoisotopic (exact) mass is 149 g/mol. The van der Waals surface area contributed by atoms with E-state index in [0.29, 0.717) is 0 Å². The molecule has 2 atom stereocenters. The van der Waals surface area contributed by atoms with Crippen molar-refractivity contribution >= 4 is 0 Å². The van der Waals surface area contributed by atoms with E-state index < -0.39 is 0 Å². The van der Waals surface area contributed by atoms with E-state index in [1.54, 1.807) is 13.8 Å². The summed E-state index contributed by atoms with van der Waals surface area (Å²) in [6.45, 7) is 6.58. The molecule has 0 saturated carbocycles. The van der Waals surface area contributed by atoms with Crippen molar-refractivity contribution in [1.82, 2.24) is 6.15 Å². The van der Waals surface area contributed by atoms with E-state index in [1.165, 1.54) is 6.20 Å². The standard InChI is InChI=1S/C4H11NO.C2H5N.H3N/c1-3(5)4(2)6;1-2-3;/h3-4,6H,5H2,1-2H3;2H,1,3H2;1H3. The maximum atomic E-state index is 8.50. The number of nitrogens with two attached hydrogens (primary N) is 2. The molecule has 64 valence electrons. The molecule has 0 amide bonds. The van der Waals surface area contributed by atoms with Crippen molar-refractivity contribution in [2.45, 2.75) is 26.0 Å². The summed E-state index contributed by atoms with van der Waals surface area (Å²) in [4.78, 5) is 0. The lowest BCUT2D eigenvalue weighted by atomic mass is 10.2. The Morgan fingerprint density at radius 1 is 1.50 bits per heavy atom. The first-order valence-electron chi connectivity index (χ1n) is 2.82. The summed E-state index contributed by atoms with van der Waals surface area (Å²) in [5.41, 5.74) is 9.80. The first kappa shape index (κ1) is 16.2. The minimum absolute atomic E-state index is 0. The fraction of sp³-hybridized carbons (Fsp3) is 0.667. The molecule has 0 rings (SSSR count). The van der Waals surface area contributed by atoms with Gasteiger partial charge in [-0.3, -0.25) is 0 Å². The highest BCUT2D eigenvalue weighted by molar-refractivity contribution is 4.57. The normalized spacial score (nSPS) is 13.2. The van der Waals surface area contributed by atoms with Crippen molar-refractivity contribution in [3.8, 4) is 0 Å². The van der Waals surface area contributed by atoms with Crippen molar-refractivity contribution in [2.75, 3.05) is 0 Å². The smallest absolute Gasteiger partial charge is 0.0660 e. The van der Waals surface area contributed by atoms with Crippen LogP contribution in [-0.2, 0) is 0 Å². The summed E-state index contributed by atoms with van der Waals surface area (Å²) in [5.74, 6) is 0. The minimum Gasteiger partial charge on any atom is -0.405 e. The SMILES string of the molecule is C=CN.CC(N)C(C)O.N. The van der Waals surface area contributed by atoms with E-state index in [9.17, 15) is 0 Å².